The molecule has 21 heavy (non-hydrogen) atoms. The first-order valence-corrected chi connectivity index (χ1v) is 10.4. The summed E-state index contributed by atoms with van der Waals surface area (Å²) in [4.78, 5) is 0. The number of nitrogens with zero attached hydrogens (tertiary/aromatic N) is 1. The molecule has 1 aromatic rings. The predicted octanol–water partition coefficient (Wildman–Crippen LogP) is 3.54. The Morgan fingerprint density at radius 1 is 1.43 bits per heavy atom. The van der Waals surface area contributed by atoms with Crippen LogP contribution in [0.3, 0.4) is 0 Å². The van der Waals surface area contributed by atoms with E-state index in [0.717, 1.165) is 24.6 Å². The van der Waals surface area contributed by atoms with E-state index in [1.54, 1.807) is 4.31 Å². The maximum atomic E-state index is 11.7. The van der Waals surface area contributed by atoms with Crippen molar-refractivity contribution in [2.24, 2.45) is 5.92 Å². The zero-order valence-electron chi connectivity index (χ0n) is 12.8. The van der Waals surface area contributed by atoms with Gasteiger partial charge < -0.3 is 0 Å². The first kappa shape index (κ1) is 17.0. The maximum Gasteiger partial charge on any atom is 0.211 e. The molecule has 1 aliphatic heterocycles. The summed E-state index contributed by atoms with van der Waals surface area (Å²) in [6, 6.07) is 8.63. The van der Waals surface area contributed by atoms with Crippen LogP contribution in [-0.4, -0.2) is 37.4 Å². The zero-order valence-corrected chi connectivity index (χ0v) is 15.2. The van der Waals surface area contributed by atoms with Gasteiger partial charge in [-0.05, 0) is 43.6 Å². The molecule has 118 valence electrons. The van der Waals surface area contributed by atoms with Crippen LogP contribution < -0.4 is 0 Å². The lowest BCUT2D eigenvalue weighted by molar-refractivity contribution is 0.249. The lowest BCUT2D eigenvalue weighted by Crippen LogP contribution is -2.39. The monoisotopic (exact) mass is 373 g/mol. The number of hydrogen-bond donors (Lipinski definition) is 0. The molecule has 0 aliphatic carbocycles. The molecule has 1 heterocycles. The lowest BCUT2D eigenvalue weighted by Gasteiger charge is -2.32. The normalized spacial score (nSPS) is 22.1. The second-order valence-electron chi connectivity index (χ2n) is 6.13. The van der Waals surface area contributed by atoms with Gasteiger partial charge in [0, 0.05) is 18.4 Å². The highest BCUT2D eigenvalue weighted by Gasteiger charge is 2.27. The molecule has 3 nitrogen and oxygen atoms in total. The Bertz CT molecular complexity index is 573. The van der Waals surface area contributed by atoms with E-state index in [4.69, 9.17) is 0 Å². The third-order valence-corrected chi connectivity index (χ3v) is 6.32. The van der Waals surface area contributed by atoms with Crippen LogP contribution in [0.25, 0.3) is 0 Å². The number of halogens is 1. The van der Waals surface area contributed by atoms with Crippen molar-refractivity contribution in [2.75, 3.05) is 24.7 Å². The highest BCUT2D eigenvalue weighted by atomic mass is 79.9. The van der Waals surface area contributed by atoms with Gasteiger partial charge in [0.15, 0.2) is 0 Å². The van der Waals surface area contributed by atoms with E-state index in [-0.39, 0.29) is 0 Å². The molecule has 1 fully saturated rings. The molecule has 5 heteroatoms. The first-order chi connectivity index (χ1) is 9.90. The van der Waals surface area contributed by atoms with Crippen molar-refractivity contribution in [3.8, 4) is 0 Å². The molecule has 2 atom stereocenters. The minimum Gasteiger partial charge on any atom is -0.213 e. The zero-order chi connectivity index (χ0) is 15.5. The molecule has 0 aromatic heterocycles. The van der Waals surface area contributed by atoms with Gasteiger partial charge in [0.05, 0.1) is 6.26 Å². The lowest BCUT2D eigenvalue weighted by atomic mass is 9.86. The maximum absolute atomic E-state index is 11.7. The topological polar surface area (TPSA) is 37.4 Å². The van der Waals surface area contributed by atoms with Crippen LogP contribution in [0.5, 0.6) is 0 Å². The van der Waals surface area contributed by atoms with E-state index in [1.165, 1.54) is 17.4 Å². The molecule has 1 aromatic carbocycles. The van der Waals surface area contributed by atoms with Crippen molar-refractivity contribution < 1.29 is 8.42 Å². The van der Waals surface area contributed by atoms with Crippen molar-refractivity contribution >= 4 is 26.0 Å². The van der Waals surface area contributed by atoms with Gasteiger partial charge >= 0.3 is 0 Å². The summed E-state index contributed by atoms with van der Waals surface area (Å²) in [5, 5.41) is 0.922. The molecule has 2 unspecified atom stereocenters. The number of aryl methyl sites for hydroxylation is 1. The third-order valence-electron chi connectivity index (χ3n) is 4.27. The summed E-state index contributed by atoms with van der Waals surface area (Å²) < 4.78 is 25.1. The van der Waals surface area contributed by atoms with Gasteiger partial charge in [0.1, 0.15) is 0 Å². The summed E-state index contributed by atoms with van der Waals surface area (Å²) in [7, 11) is -3.05. The molecule has 0 saturated carbocycles. The van der Waals surface area contributed by atoms with Crippen molar-refractivity contribution in [1.82, 2.24) is 4.31 Å². The Labute approximate surface area is 136 Å². The summed E-state index contributed by atoms with van der Waals surface area (Å²) >= 11 is 3.63. The van der Waals surface area contributed by atoms with Crippen LogP contribution in [-0.2, 0) is 10.0 Å². The average Bonchev–Trinajstić information content (AvgIpc) is 2.44. The highest BCUT2D eigenvalue weighted by molar-refractivity contribution is 9.09. The summed E-state index contributed by atoms with van der Waals surface area (Å²) in [5.74, 6) is 0.908. The standard InChI is InChI=1S/C16H24BrNO2S/c1-13-5-3-7-15(9-13)16(11-17)10-14-6-4-8-18(12-14)21(2,19)20/h3,5,7,9,14,16H,4,6,8,10-12H2,1-2H3. The van der Waals surface area contributed by atoms with Crippen LogP contribution >= 0.6 is 15.9 Å². The minimum absolute atomic E-state index is 0.453. The van der Waals surface area contributed by atoms with Crippen molar-refractivity contribution in [3.63, 3.8) is 0 Å². The molecule has 0 radical (unpaired) electrons. The molecule has 0 spiro atoms. The fourth-order valence-corrected chi connectivity index (χ4v) is 4.72. The summed E-state index contributed by atoms with van der Waals surface area (Å²) in [6.07, 6.45) is 4.46. The second-order valence-corrected chi connectivity index (χ2v) is 8.76. The predicted molar refractivity (Wildman–Crippen MR) is 91.5 cm³/mol. The quantitative estimate of drug-likeness (QED) is 0.740. The SMILES string of the molecule is Cc1cccc(C(CBr)CC2CCCN(S(C)(=O)=O)C2)c1. The molecule has 0 N–H and O–H groups in total. The van der Waals surface area contributed by atoms with Crippen molar-refractivity contribution in [2.45, 2.75) is 32.1 Å². The fourth-order valence-electron chi connectivity index (χ4n) is 3.14. The minimum atomic E-state index is -3.05. The van der Waals surface area contributed by atoms with Gasteiger partial charge in [0.25, 0.3) is 0 Å². The number of benzene rings is 1. The number of piperidine rings is 1. The third kappa shape index (κ3) is 4.80. The van der Waals surface area contributed by atoms with Gasteiger partial charge in [-0.1, -0.05) is 45.8 Å². The molecular formula is C16H24BrNO2S. The van der Waals surface area contributed by atoms with Crippen molar-refractivity contribution in [1.29, 1.82) is 0 Å². The Kier molecular flexibility index (Phi) is 5.86. The Balaban J connectivity index is 2.05. The number of hydrogen-bond acceptors (Lipinski definition) is 2. The molecule has 1 saturated heterocycles. The molecule has 0 amide bonds. The summed E-state index contributed by atoms with van der Waals surface area (Å²) in [5.41, 5.74) is 2.63. The smallest absolute Gasteiger partial charge is 0.211 e. The van der Waals surface area contributed by atoms with Crippen molar-refractivity contribution in [3.05, 3.63) is 35.4 Å². The van der Waals surface area contributed by atoms with Gasteiger partial charge in [-0.25, -0.2) is 12.7 Å². The van der Waals surface area contributed by atoms with Crippen LogP contribution in [0.2, 0.25) is 0 Å². The van der Waals surface area contributed by atoms with E-state index in [2.05, 4.69) is 47.1 Å². The number of rotatable bonds is 5. The van der Waals surface area contributed by atoms with Gasteiger partial charge in [0.2, 0.25) is 10.0 Å². The Morgan fingerprint density at radius 3 is 2.81 bits per heavy atom. The van der Waals surface area contributed by atoms with E-state index in [1.807, 2.05) is 0 Å². The average molecular weight is 374 g/mol. The van der Waals surface area contributed by atoms with Crippen LogP contribution in [0.4, 0.5) is 0 Å². The Morgan fingerprint density at radius 2 is 2.19 bits per heavy atom. The van der Waals surface area contributed by atoms with E-state index >= 15 is 0 Å². The van der Waals surface area contributed by atoms with Crippen LogP contribution in [0, 0.1) is 12.8 Å². The molecule has 2 rings (SSSR count). The van der Waals surface area contributed by atoms with Gasteiger partial charge in [-0.15, -0.1) is 0 Å². The highest BCUT2D eigenvalue weighted by Crippen LogP contribution is 2.31. The van der Waals surface area contributed by atoms with Crippen LogP contribution in [0.1, 0.15) is 36.3 Å². The van der Waals surface area contributed by atoms with Gasteiger partial charge in [-0.2, -0.15) is 0 Å². The molecule has 1 aliphatic rings. The van der Waals surface area contributed by atoms with E-state index in [0.29, 0.717) is 24.9 Å². The largest absolute Gasteiger partial charge is 0.213 e. The Hall–Kier alpha value is -0.390. The summed E-state index contributed by atoms with van der Waals surface area (Å²) in [6.45, 7) is 3.47. The molecular weight excluding hydrogens is 350 g/mol. The fraction of sp³-hybridized carbons (Fsp3) is 0.625. The number of sulfonamides is 1. The van der Waals surface area contributed by atoms with E-state index < -0.39 is 10.0 Å². The number of alkyl halides is 1. The van der Waals surface area contributed by atoms with Crippen LogP contribution in [0.15, 0.2) is 24.3 Å². The van der Waals surface area contributed by atoms with Gasteiger partial charge in [-0.3, -0.25) is 0 Å². The first-order valence-electron chi connectivity index (χ1n) is 7.48. The molecule has 0 bridgehead atoms. The van der Waals surface area contributed by atoms with E-state index in [9.17, 15) is 8.42 Å². The second kappa shape index (κ2) is 7.25.